The molecule has 0 saturated carbocycles. The first-order valence-corrected chi connectivity index (χ1v) is 5.49. The topological polar surface area (TPSA) is 64.9 Å². The molecular weight excluding hydrogens is 190 g/mol. The van der Waals surface area contributed by atoms with Gasteiger partial charge in [0.25, 0.3) is 0 Å². The zero-order chi connectivity index (χ0) is 11.5. The molecule has 0 saturated heterocycles. The summed E-state index contributed by atoms with van der Waals surface area (Å²) in [4.78, 5) is 4.37. The second kappa shape index (κ2) is 4.75. The average molecular weight is 211 g/mol. The largest absolute Gasteiger partial charge is 0.339 e. The van der Waals surface area contributed by atoms with Crippen molar-refractivity contribution in [2.75, 3.05) is 6.54 Å². The van der Waals surface area contributed by atoms with Crippen molar-refractivity contribution in [3.05, 3.63) is 11.7 Å². The summed E-state index contributed by atoms with van der Waals surface area (Å²) in [5.74, 6) is 2.10. The Balaban J connectivity index is 2.64. The maximum absolute atomic E-state index is 5.64. The molecule has 4 nitrogen and oxygen atoms in total. The lowest BCUT2D eigenvalue weighted by Gasteiger charge is -2.15. The van der Waals surface area contributed by atoms with Gasteiger partial charge in [-0.05, 0) is 26.2 Å². The molecule has 15 heavy (non-hydrogen) atoms. The predicted molar refractivity (Wildman–Crippen MR) is 59.5 cm³/mol. The van der Waals surface area contributed by atoms with Crippen LogP contribution in [-0.4, -0.2) is 16.7 Å². The molecule has 0 radical (unpaired) electrons. The van der Waals surface area contributed by atoms with Gasteiger partial charge in [0.05, 0.1) is 5.41 Å². The molecule has 0 aliphatic carbocycles. The van der Waals surface area contributed by atoms with E-state index >= 15 is 0 Å². The van der Waals surface area contributed by atoms with E-state index in [-0.39, 0.29) is 5.41 Å². The van der Waals surface area contributed by atoms with Crippen LogP contribution in [0.1, 0.15) is 45.8 Å². The van der Waals surface area contributed by atoms with Crippen molar-refractivity contribution in [2.45, 2.75) is 46.0 Å². The molecule has 0 amide bonds. The summed E-state index contributed by atoms with van der Waals surface area (Å²) in [6.45, 7) is 8.90. The molecule has 0 aromatic carbocycles. The first kappa shape index (κ1) is 12.2. The SMILES string of the molecule is CC(C)CCc1noc(C(C)(C)CN)n1. The Hall–Kier alpha value is -0.900. The molecule has 86 valence electrons. The van der Waals surface area contributed by atoms with E-state index in [1.807, 2.05) is 13.8 Å². The maximum Gasteiger partial charge on any atom is 0.233 e. The highest BCUT2D eigenvalue weighted by Crippen LogP contribution is 2.19. The van der Waals surface area contributed by atoms with E-state index in [9.17, 15) is 0 Å². The summed E-state index contributed by atoms with van der Waals surface area (Å²) in [7, 11) is 0. The normalized spacial score (nSPS) is 12.4. The highest BCUT2D eigenvalue weighted by Gasteiger charge is 2.25. The predicted octanol–water partition coefficient (Wildman–Crippen LogP) is 1.89. The molecule has 0 unspecified atom stereocenters. The fourth-order valence-electron chi connectivity index (χ4n) is 1.14. The van der Waals surface area contributed by atoms with Gasteiger partial charge in [0.1, 0.15) is 0 Å². The zero-order valence-corrected chi connectivity index (χ0v) is 10.1. The van der Waals surface area contributed by atoms with Crippen LogP contribution in [0, 0.1) is 5.92 Å². The van der Waals surface area contributed by atoms with Crippen LogP contribution >= 0.6 is 0 Å². The van der Waals surface area contributed by atoms with Crippen LogP contribution < -0.4 is 5.73 Å². The van der Waals surface area contributed by atoms with Crippen molar-refractivity contribution < 1.29 is 4.52 Å². The minimum Gasteiger partial charge on any atom is -0.339 e. The Morgan fingerprint density at radius 1 is 1.40 bits per heavy atom. The molecule has 1 rings (SSSR count). The first-order valence-electron chi connectivity index (χ1n) is 5.49. The summed E-state index contributed by atoms with van der Waals surface area (Å²) in [6, 6.07) is 0. The van der Waals surface area contributed by atoms with Gasteiger partial charge in [-0.15, -0.1) is 0 Å². The van der Waals surface area contributed by atoms with Gasteiger partial charge in [-0.2, -0.15) is 4.98 Å². The molecule has 4 heteroatoms. The highest BCUT2D eigenvalue weighted by molar-refractivity contribution is 5.01. The van der Waals surface area contributed by atoms with Crippen LogP contribution in [0.3, 0.4) is 0 Å². The van der Waals surface area contributed by atoms with Gasteiger partial charge in [-0.3, -0.25) is 0 Å². The minimum atomic E-state index is -0.219. The van der Waals surface area contributed by atoms with Crippen LogP contribution in [0.5, 0.6) is 0 Å². The number of hydrogen-bond acceptors (Lipinski definition) is 4. The quantitative estimate of drug-likeness (QED) is 0.807. The molecule has 0 aliphatic rings. The van der Waals surface area contributed by atoms with E-state index in [0.29, 0.717) is 18.4 Å². The monoisotopic (exact) mass is 211 g/mol. The fourth-order valence-corrected chi connectivity index (χ4v) is 1.14. The standard InChI is InChI=1S/C11H21N3O/c1-8(2)5-6-9-13-10(15-14-9)11(3,4)7-12/h8H,5-7,12H2,1-4H3. The van der Waals surface area contributed by atoms with E-state index in [1.54, 1.807) is 0 Å². The summed E-state index contributed by atoms with van der Waals surface area (Å²) in [5.41, 5.74) is 5.42. The van der Waals surface area contributed by atoms with Crippen molar-refractivity contribution in [2.24, 2.45) is 11.7 Å². The number of aryl methyl sites for hydroxylation is 1. The number of rotatable bonds is 5. The van der Waals surface area contributed by atoms with Gasteiger partial charge < -0.3 is 10.3 Å². The van der Waals surface area contributed by atoms with Crippen molar-refractivity contribution in [3.8, 4) is 0 Å². The van der Waals surface area contributed by atoms with Crippen LogP contribution in [0.25, 0.3) is 0 Å². The summed E-state index contributed by atoms with van der Waals surface area (Å²) < 4.78 is 5.21. The lowest BCUT2D eigenvalue weighted by atomic mass is 9.94. The average Bonchev–Trinajstić information content (AvgIpc) is 2.63. The second-order valence-electron chi connectivity index (χ2n) is 5.04. The lowest BCUT2D eigenvalue weighted by Crippen LogP contribution is -2.28. The van der Waals surface area contributed by atoms with E-state index in [0.717, 1.165) is 18.7 Å². The van der Waals surface area contributed by atoms with Crippen LogP contribution in [0.4, 0.5) is 0 Å². The molecule has 0 bridgehead atoms. The summed E-state index contributed by atoms with van der Waals surface area (Å²) in [6.07, 6.45) is 1.96. The highest BCUT2D eigenvalue weighted by atomic mass is 16.5. The number of aromatic nitrogens is 2. The Kier molecular flexibility index (Phi) is 3.85. The summed E-state index contributed by atoms with van der Waals surface area (Å²) in [5, 5.41) is 3.96. The number of hydrogen-bond donors (Lipinski definition) is 1. The summed E-state index contributed by atoms with van der Waals surface area (Å²) >= 11 is 0. The smallest absolute Gasteiger partial charge is 0.233 e. The molecule has 1 aromatic rings. The van der Waals surface area contributed by atoms with E-state index in [2.05, 4.69) is 24.0 Å². The lowest BCUT2D eigenvalue weighted by molar-refractivity contribution is 0.309. The number of nitrogens with two attached hydrogens (primary N) is 1. The van der Waals surface area contributed by atoms with E-state index in [4.69, 9.17) is 10.3 Å². The zero-order valence-electron chi connectivity index (χ0n) is 10.1. The number of nitrogens with zero attached hydrogens (tertiary/aromatic N) is 2. The Morgan fingerprint density at radius 2 is 2.07 bits per heavy atom. The van der Waals surface area contributed by atoms with Crippen LogP contribution in [0.15, 0.2) is 4.52 Å². The fraction of sp³-hybridized carbons (Fsp3) is 0.818. The third kappa shape index (κ3) is 3.30. The van der Waals surface area contributed by atoms with Gasteiger partial charge in [0.15, 0.2) is 5.82 Å². The van der Waals surface area contributed by atoms with Crippen molar-refractivity contribution in [3.63, 3.8) is 0 Å². The Morgan fingerprint density at radius 3 is 2.60 bits per heavy atom. The molecular formula is C11H21N3O. The van der Waals surface area contributed by atoms with Crippen molar-refractivity contribution >= 4 is 0 Å². The van der Waals surface area contributed by atoms with Gasteiger partial charge in [-0.25, -0.2) is 0 Å². The van der Waals surface area contributed by atoms with Crippen LogP contribution in [-0.2, 0) is 11.8 Å². The molecule has 1 aromatic heterocycles. The molecule has 1 heterocycles. The molecule has 0 spiro atoms. The van der Waals surface area contributed by atoms with E-state index in [1.165, 1.54) is 0 Å². The van der Waals surface area contributed by atoms with Gasteiger partial charge >= 0.3 is 0 Å². The first-order chi connectivity index (χ1) is 6.95. The molecule has 0 fully saturated rings. The van der Waals surface area contributed by atoms with Gasteiger partial charge in [0, 0.05) is 13.0 Å². The third-order valence-electron chi connectivity index (χ3n) is 2.50. The van der Waals surface area contributed by atoms with Gasteiger partial charge in [-0.1, -0.05) is 19.0 Å². The van der Waals surface area contributed by atoms with Crippen molar-refractivity contribution in [1.82, 2.24) is 10.1 Å². The van der Waals surface area contributed by atoms with Crippen molar-refractivity contribution in [1.29, 1.82) is 0 Å². The minimum absolute atomic E-state index is 0.219. The Labute approximate surface area is 91.2 Å². The maximum atomic E-state index is 5.64. The second-order valence-corrected chi connectivity index (χ2v) is 5.04. The van der Waals surface area contributed by atoms with Crippen LogP contribution in [0.2, 0.25) is 0 Å². The molecule has 0 atom stereocenters. The molecule has 0 aliphatic heterocycles. The van der Waals surface area contributed by atoms with Gasteiger partial charge in [0.2, 0.25) is 5.89 Å². The third-order valence-corrected chi connectivity index (χ3v) is 2.50. The molecule has 2 N–H and O–H groups in total. The Bertz CT molecular complexity index is 305. The van der Waals surface area contributed by atoms with E-state index < -0.39 is 0 Å².